The van der Waals surface area contributed by atoms with Gasteiger partial charge in [0.15, 0.2) is 17.1 Å². The SMILES string of the molecule is N=C=Nc1ccc2c(c1O)C(O)=C1C(=O)[C@]3(O)C(O)=C(C(N)=O)C(=O)C[C@@H]3[C@@H](O)[C@@H]1C2. The van der Waals surface area contributed by atoms with Gasteiger partial charge >= 0.3 is 0 Å². The van der Waals surface area contributed by atoms with Crippen LogP contribution in [0.1, 0.15) is 17.5 Å². The number of phenolic OH excluding ortho intramolecular Hbond substituents is 1. The number of aromatic hydroxyl groups is 1. The van der Waals surface area contributed by atoms with Gasteiger partial charge in [-0.1, -0.05) is 6.07 Å². The Bertz CT molecular complexity index is 1190. The van der Waals surface area contributed by atoms with E-state index < -0.39 is 75.8 Å². The molecule has 0 heterocycles. The lowest BCUT2D eigenvalue weighted by Gasteiger charge is -2.48. The molecule has 3 aliphatic carbocycles. The van der Waals surface area contributed by atoms with Gasteiger partial charge in [-0.3, -0.25) is 14.4 Å². The van der Waals surface area contributed by atoms with Gasteiger partial charge < -0.3 is 31.3 Å². The molecule has 3 aliphatic rings. The quantitative estimate of drug-likeness (QED) is 0.247. The molecule has 1 aromatic carbocycles. The van der Waals surface area contributed by atoms with E-state index in [9.17, 15) is 39.9 Å². The van der Waals surface area contributed by atoms with Crippen LogP contribution in [0.3, 0.4) is 0 Å². The summed E-state index contributed by atoms with van der Waals surface area (Å²) < 4.78 is 0. The van der Waals surface area contributed by atoms with Crippen molar-refractivity contribution in [2.75, 3.05) is 0 Å². The van der Waals surface area contributed by atoms with E-state index in [1.54, 1.807) is 6.01 Å². The van der Waals surface area contributed by atoms with Crippen molar-refractivity contribution in [2.24, 2.45) is 22.6 Å². The first-order valence-corrected chi connectivity index (χ1v) is 9.18. The van der Waals surface area contributed by atoms with Crippen LogP contribution in [0.4, 0.5) is 5.69 Å². The number of nitrogens with two attached hydrogens (primary N) is 1. The molecular formula is C20H17N3O8. The second kappa shape index (κ2) is 6.61. The maximum absolute atomic E-state index is 13.3. The lowest BCUT2D eigenvalue weighted by Crippen LogP contribution is -2.63. The molecule has 1 fully saturated rings. The first-order valence-electron chi connectivity index (χ1n) is 9.18. The Hall–Kier alpha value is -3.79. The molecule has 1 saturated carbocycles. The lowest BCUT2D eigenvalue weighted by molar-refractivity contribution is -0.159. The number of primary amides is 1. The van der Waals surface area contributed by atoms with Crippen molar-refractivity contribution in [2.45, 2.75) is 24.5 Å². The second-order valence-corrected chi connectivity index (χ2v) is 7.67. The van der Waals surface area contributed by atoms with Crippen LogP contribution in [-0.2, 0) is 20.8 Å². The Labute approximate surface area is 174 Å². The normalized spacial score (nSPS) is 29.7. The number of fused-ring (bicyclic) bond motifs is 3. The van der Waals surface area contributed by atoms with Crippen molar-refractivity contribution in [3.8, 4) is 5.75 Å². The van der Waals surface area contributed by atoms with Crippen LogP contribution in [0.25, 0.3) is 5.76 Å². The number of phenols is 1. The number of aliphatic hydroxyl groups is 4. The van der Waals surface area contributed by atoms with E-state index >= 15 is 0 Å². The van der Waals surface area contributed by atoms with E-state index in [1.165, 1.54) is 12.1 Å². The topological polar surface area (TPSA) is 215 Å². The third-order valence-corrected chi connectivity index (χ3v) is 6.20. The standard InChI is InChI=1S/C20H17N3O8/c21-5-23-9-2-1-6-3-7-12(16(27)11(6)15(9)26)17(28)20(31)8(14(7)25)4-10(24)13(18(20)29)19(22)30/h1-2,7-8,14,21,25-27,29,31H,3-4H2,(H2,22,30)/t7-,8-,14+,20+/m1/s1. The van der Waals surface area contributed by atoms with Gasteiger partial charge in [0, 0.05) is 23.8 Å². The number of carbonyl (C=O) groups is 3. The predicted octanol–water partition coefficient (Wildman–Crippen LogP) is -0.221. The van der Waals surface area contributed by atoms with Crippen LogP contribution in [0.5, 0.6) is 5.75 Å². The number of hydrogen-bond acceptors (Lipinski definition) is 10. The van der Waals surface area contributed by atoms with Crippen molar-refractivity contribution < 1.29 is 39.9 Å². The Morgan fingerprint density at radius 2 is 1.90 bits per heavy atom. The van der Waals surface area contributed by atoms with Gasteiger partial charge in [0.1, 0.15) is 22.8 Å². The Morgan fingerprint density at radius 3 is 2.52 bits per heavy atom. The lowest BCUT2D eigenvalue weighted by atomic mass is 9.58. The van der Waals surface area contributed by atoms with Crippen LogP contribution in [0.15, 0.2) is 34.0 Å². The molecule has 0 aromatic heterocycles. The molecule has 0 radical (unpaired) electrons. The summed E-state index contributed by atoms with van der Waals surface area (Å²) in [5, 5.41) is 60.7. The van der Waals surface area contributed by atoms with E-state index in [2.05, 4.69) is 4.99 Å². The summed E-state index contributed by atoms with van der Waals surface area (Å²) in [5.74, 6) is -8.61. The highest BCUT2D eigenvalue weighted by Crippen LogP contribution is 2.52. The van der Waals surface area contributed by atoms with Gasteiger partial charge in [0.2, 0.25) is 5.78 Å². The van der Waals surface area contributed by atoms with Crippen molar-refractivity contribution in [3.05, 3.63) is 40.2 Å². The zero-order valence-electron chi connectivity index (χ0n) is 15.8. The smallest absolute Gasteiger partial charge is 0.255 e. The molecule has 0 unspecified atom stereocenters. The summed E-state index contributed by atoms with van der Waals surface area (Å²) >= 11 is 0. The van der Waals surface area contributed by atoms with E-state index in [0.717, 1.165) is 0 Å². The third kappa shape index (κ3) is 2.51. The van der Waals surface area contributed by atoms with E-state index in [-0.39, 0.29) is 17.7 Å². The molecule has 160 valence electrons. The minimum Gasteiger partial charge on any atom is -0.508 e. The maximum Gasteiger partial charge on any atom is 0.255 e. The largest absolute Gasteiger partial charge is 0.508 e. The summed E-state index contributed by atoms with van der Waals surface area (Å²) in [6.07, 6.45) is -2.23. The Balaban J connectivity index is 1.98. The maximum atomic E-state index is 13.3. The molecule has 11 nitrogen and oxygen atoms in total. The van der Waals surface area contributed by atoms with Gasteiger partial charge in [-0.15, -0.1) is 0 Å². The van der Waals surface area contributed by atoms with Gasteiger partial charge in [0.05, 0.1) is 17.7 Å². The van der Waals surface area contributed by atoms with E-state index in [4.69, 9.17) is 11.1 Å². The first kappa shape index (κ1) is 20.5. The fourth-order valence-corrected chi connectivity index (χ4v) is 4.75. The van der Waals surface area contributed by atoms with Gasteiger partial charge in [-0.2, -0.15) is 4.99 Å². The summed E-state index contributed by atoms with van der Waals surface area (Å²) in [6.45, 7) is 0. The van der Waals surface area contributed by atoms with Crippen molar-refractivity contribution in [1.82, 2.24) is 0 Å². The summed E-state index contributed by atoms with van der Waals surface area (Å²) in [7, 11) is 0. The molecule has 0 spiro atoms. The van der Waals surface area contributed by atoms with Crippen LogP contribution in [-0.4, -0.2) is 60.7 Å². The number of aliphatic imine (C=N–C) groups is 1. The highest BCUT2D eigenvalue weighted by molar-refractivity contribution is 6.22. The zero-order valence-corrected chi connectivity index (χ0v) is 15.8. The number of benzene rings is 1. The van der Waals surface area contributed by atoms with Crippen LogP contribution in [0.2, 0.25) is 0 Å². The van der Waals surface area contributed by atoms with E-state index in [1.807, 2.05) is 0 Å². The van der Waals surface area contributed by atoms with Crippen LogP contribution < -0.4 is 5.73 Å². The number of hydrogen-bond donors (Lipinski definition) is 7. The molecular weight excluding hydrogens is 410 g/mol. The molecule has 0 saturated heterocycles. The number of rotatable bonds is 2. The van der Waals surface area contributed by atoms with Crippen molar-refractivity contribution >= 4 is 34.9 Å². The molecule has 4 rings (SSSR count). The molecule has 31 heavy (non-hydrogen) atoms. The molecule has 0 bridgehead atoms. The molecule has 8 N–H and O–H groups in total. The molecule has 11 heteroatoms. The van der Waals surface area contributed by atoms with Gasteiger partial charge in [-0.05, 0) is 18.1 Å². The van der Waals surface area contributed by atoms with E-state index in [0.29, 0.717) is 5.56 Å². The average molecular weight is 427 g/mol. The number of carbonyl (C=O) groups excluding carboxylic acids is 3. The van der Waals surface area contributed by atoms with Gasteiger partial charge in [0.25, 0.3) is 5.91 Å². The average Bonchev–Trinajstić information content (AvgIpc) is 2.70. The first-order chi connectivity index (χ1) is 14.5. The fourth-order valence-electron chi connectivity index (χ4n) is 4.75. The Kier molecular flexibility index (Phi) is 4.37. The molecule has 0 aliphatic heterocycles. The minimum atomic E-state index is -2.87. The molecule has 1 aromatic rings. The number of Topliss-reactive ketones (excluding diaryl/α,β-unsaturated/α-hetero) is 2. The predicted molar refractivity (Wildman–Crippen MR) is 103 cm³/mol. The highest BCUT2D eigenvalue weighted by atomic mass is 16.4. The monoisotopic (exact) mass is 427 g/mol. The van der Waals surface area contributed by atoms with Crippen molar-refractivity contribution in [1.29, 1.82) is 5.41 Å². The summed E-state index contributed by atoms with van der Waals surface area (Å²) in [5.41, 5.74) is 0.877. The summed E-state index contributed by atoms with van der Waals surface area (Å²) in [6, 6.07) is 4.58. The second-order valence-electron chi connectivity index (χ2n) is 7.67. The van der Waals surface area contributed by atoms with Crippen molar-refractivity contribution in [3.63, 3.8) is 0 Å². The highest BCUT2D eigenvalue weighted by Gasteiger charge is 2.63. The number of ketones is 2. The number of nitrogens with one attached hydrogen (secondary N) is 1. The third-order valence-electron chi connectivity index (χ3n) is 6.20. The number of amides is 1. The summed E-state index contributed by atoms with van der Waals surface area (Å²) in [4.78, 5) is 40.7. The Morgan fingerprint density at radius 1 is 1.23 bits per heavy atom. The van der Waals surface area contributed by atoms with Crippen LogP contribution in [0, 0.1) is 17.2 Å². The van der Waals surface area contributed by atoms with Gasteiger partial charge in [-0.25, -0.2) is 5.41 Å². The zero-order chi connectivity index (χ0) is 22.8. The minimum absolute atomic E-state index is 0.0439. The van der Waals surface area contributed by atoms with Crippen LogP contribution >= 0.6 is 0 Å². The molecule has 4 atom stereocenters. The molecule has 1 amide bonds. The fraction of sp³-hybridized carbons (Fsp3) is 0.300. The number of aliphatic hydroxyl groups excluding tert-OH is 3. The number of nitrogens with zero attached hydrogens (tertiary/aromatic N) is 1.